The van der Waals surface area contributed by atoms with Crippen molar-refractivity contribution in [3.05, 3.63) is 78.4 Å². The topological polar surface area (TPSA) is 54.9 Å². The molecule has 0 saturated carbocycles. The molecule has 0 bridgehead atoms. The largest absolute Gasteiger partial charge is 0.321 e. The number of fused-ring (bicyclic) bond motifs is 1. The van der Waals surface area contributed by atoms with E-state index in [0.29, 0.717) is 5.69 Å². The summed E-state index contributed by atoms with van der Waals surface area (Å²) in [4.78, 5) is 20.5. The molecule has 2 aromatic carbocycles. The van der Waals surface area contributed by atoms with Crippen LogP contribution in [0.5, 0.6) is 0 Å². The highest BCUT2D eigenvalue weighted by Crippen LogP contribution is 2.34. The molecule has 4 rings (SSSR count). The van der Waals surface area contributed by atoms with Crippen LogP contribution in [0.2, 0.25) is 0 Å². The van der Waals surface area contributed by atoms with Crippen molar-refractivity contribution in [1.29, 1.82) is 0 Å². The number of carbonyl (C=O) groups excluding carboxylic acids is 1. The molecule has 4 nitrogen and oxygen atoms in total. The number of aromatic nitrogens is 2. The van der Waals surface area contributed by atoms with Gasteiger partial charge in [-0.05, 0) is 36.4 Å². The maximum Gasteiger partial charge on any atom is 0.260 e. The van der Waals surface area contributed by atoms with Crippen LogP contribution in [-0.4, -0.2) is 15.9 Å². The summed E-state index contributed by atoms with van der Waals surface area (Å²) in [5, 5.41) is 3.55. The fourth-order valence-electron chi connectivity index (χ4n) is 2.51. The third-order valence-corrected chi connectivity index (χ3v) is 4.77. The third kappa shape index (κ3) is 2.99. The van der Waals surface area contributed by atoms with Crippen molar-refractivity contribution in [1.82, 2.24) is 9.97 Å². The summed E-state index contributed by atoms with van der Waals surface area (Å²) in [5.74, 6) is -1.34. The Balaban J connectivity index is 1.72. The van der Waals surface area contributed by atoms with E-state index in [1.807, 2.05) is 42.5 Å². The first-order valence-electron chi connectivity index (χ1n) is 7.59. The molecule has 6 heteroatoms. The van der Waals surface area contributed by atoms with Gasteiger partial charge in [-0.1, -0.05) is 24.3 Å². The highest BCUT2D eigenvalue weighted by atomic mass is 32.1. The maximum atomic E-state index is 13.7. The lowest BCUT2D eigenvalue weighted by Gasteiger charge is -2.09. The van der Waals surface area contributed by atoms with Gasteiger partial charge in [-0.25, -0.2) is 9.97 Å². The lowest BCUT2D eigenvalue weighted by atomic mass is 10.1. The van der Waals surface area contributed by atoms with Crippen LogP contribution in [0, 0.1) is 5.95 Å². The molecule has 0 aliphatic rings. The number of thiazole rings is 1. The molecule has 1 N–H and O–H groups in total. The number of hydrogen-bond donors (Lipinski definition) is 1. The zero-order chi connectivity index (χ0) is 17.2. The number of para-hydroxylation sites is 2. The van der Waals surface area contributed by atoms with Crippen molar-refractivity contribution < 1.29 is 9.18 Å². The number of anilines is 1. The Hall–Kier alpha value is -3.12. The van der Waals surface area contributed by atoms with Gasteiger partial charge in [-0.2, -0.15) is 4.39 Å². The van der Waals surface area contributed by atoms with Gasteiger partial charge in [0.25, 0.3) is 5.91 Å². The van der Waals surface area contributed by atoms with E-state index in [1.54, 1.807) is 17.4 Å². The molecule has 25 heavy (non-hydrogen) atoms. The second-order valence-corrected chi connectivity index (χ2v) is 6.36. The Morgan fingerprint density at radius 1 is 1.00 bits per heavy atom. The molecule has 0 aliphatic heterocycles. The Morgan fingerprint density at radius 2 is 1.80 bits per heavy atom. The van der Waals surface area contributed by atoms with E-state index in [1.165, 1.54) is 18.3 Å². The first-order valence-corrected chi connectivity index (χ1v) is 8.41. The molecular weight excluding hydrogens is 337 g/mol. The quantitative estimate of drug-likeness (QED) is 0.543. The summed E-state index contributed by atoms with van der Waals surface area (Å²) in [7, 11) is 0. The zero-order valence-electron chi connectivity index (χ0n) is 12.9. The van der Waals surface area contributed by atoms with Gasteiger partial charge < -0.3 is 5.32 Å². The predicted molar refractivity (Wildman–Crippen MR) is 97.2 cm³/mol. The lowest BCUT2D eigenvalue weighted by molar-refractivity contribution is 0.102. The number of nitrogens with zero attached hydrogens (tertiary/aromatic N) is 2. The summed E-state index contributed by atoms with van der Waals surface area (Å²) in [6.45, 7) is 0. The van der Waals surface area contributed by atoms with Crippen LogP contribution in [0.1, 0.15) is 10.4 Å². The van der Waals surface area contributed by atoms with Crippen LogP contribution >= 0.6 is 11.3 Å². The van der Waals surface area contributed by atoms with Crippen molar-refractivity contribution in [3.8, 4) is 10.6 Å². The number of carbonyl (C=O) groups is 1. The average molecular weight is 349 g/mol. The number of hydrogen-bond acceptors (Lipinski definition) is 4. The van der Waals surface area contributed by atoms with Gasteiger partial charge in [0, 0.05) is 11.8 Å². The van der Waals surface area contributed by atoms with Crippen LogP contribution in [0.3, 0.4) is 0 Å². The first kappa shape index (κ1) is 15.4. The zero-order valence-corrected chi connectivity index (χ0v) is 13.8. The molecule has 0 spiro atoms. The predicted octanol–water partition coefficient (Wildman–Crippen LogP) is 4.75. The second kappa shape index (κ2) is 6.41. The number of halogens is 1. The van der Waals surface area contributed by atoms with Gasteiger partial charge in [0.2, 0.25) is 5.95 Å². The molecule has 0 unspecified atom stereocenters. The molecule has 0 aliphatic carbocycles. The van der Waals surface area contributed by atoms with Gasteiger partial charge in [0.15, 0.2) is 0 Å². The van der Waals surface area contributed by atoms with E-state index in [4.69, 9.17) is 0 Å². The molecule has 1 amide bonds. The highest BCUT2D eigenvalue weighted by molar-refractivity contribution is 7.21. The molecule has 0 saturated heterocycles. The molecule has 122 valence electrons. The molecular formula is C19H12FN3OS. The normalized spacial score (nSPS) is 10.8. The molecule has 2 aromatic heterocycles. The highest BCUT2D eigenvalue weighted by Gasteiger charge is 2.16. The Kier molecular flexibility index (Phi) is 3.95. The van der Waals surface area contributed by atoms with E-state index in [2.05, 4.69) is 15.3 Å². The molecule has 0 fully saturated rings. The SMILES string of the molecule is O=C(Nc1ccccc1-c1nc2ccccc2s1)c1cccnc1F. The van der Waals surface area contributed by atoms with Crippen molar-refractivity contribution in [3.63, 3.8) is 0 Å². The van der Waals surface area contributed by atoms with Gasteiger partial charge in [-0.15, -0.1) is 11.3 Å². The van der Waals surface area contributed by atoms with Crippen LogP contribution in [0.25, 0.3) is 20.8 Å². The van der Waals surface area contributed by atoms with Crippen LogP contribution in [-0.2, 0) is 0 Å². The average Bonchev–Trinajstić information content (AvgIpc) is 3.06. The summed E-state index contributed by atoms with van der Waals surface area (Å²) in [5.41, 5.74) is 2.18. The van der Waals surface area contributed by atoms with Gasteiger partial charge >= 0.3 is 0 Å². The Morgan fingerprint density at radius 3 is 2.64 bits per heavy atom. The van der Waals surface area contributed by atoms with Crippen LogP contribution in [0.4, 0.5) is 10.1 Å². The minimum absolute atomic E-state index is 0.0957. The molecule has 0 radical (unpaired) electrons. The minimum Gasteiger partial charge on any atom is -0.321 e. The van der Waals surface area contributed by atoms with E-state index in [9.17, 15) is 9.18 Å². The third-order valence-electron chi connectivity index (χ3n) is 3.70. The standard InChI is InChI=1S/C19H12FN3OS/c20-17-13(7-5-11-21-17)18(24)22-14-8-2-1-6-12(14)19-23-15-9-3-4-10-16(15)25-19/h1-11H,(H,22,24). The fraction of sp³-hybridized carbons (Fsp3) is 0. The van der Waals surface area contributed by atoms with Crippen LogP contribution < -0.4 is 5.32 Å². The number of rotatable bonds is 3. The van der Waals surface area contributed by atoms with Gasteiger partial charge in [0.1, 0.15) is 5.01 Å². The number of amides is 1. The molecule has 0 atom stereocenters. The van der Waals surface area contributed by atoms with E-state index >= 15 is 0 Å². The van der Waals surface area contributed by atoms with Gasteiger partial charge in [0.05, 0.1) is 21.5 Å². The summed E-state index contributed by atoms with van der Waals surface area (Å²) in [6.07, 6.45) is 1.31. The van der Waals surface area contributed by atoms with Gasteiger partial charge in [-0.3, -0.25) is 4.79 Å². The Labute approximate surface area is 147 Å². The minimum atomic E-state index is -0.794. The summed E-state index contributed by atoms with van der Waals surface area (Å²) in [6, 6.07) is 18.1. The number of benzene rings is 2. The summed E-state index contributed by atoms with van der Waals surface area (Å²) < 4.78 is 14.8. The van der Waals surface area contributed by atoms with E-state index in [0.717, 1.165) is 20.8 Å². The summed E-state index contributed by atoms with van der Waals surface area (Å²) >= 11 is 1.54. The molecule has 2 heterocycles. The van der Waals surface area contributed by atoms with Crippen molar-refractivity contribution in [2.75, 3.05) is 5.32 Å². The number of nitrogens with one attached hydrogen (secondary N) is 1. The fourth-order valence-corrected chi connectivity index (χ4v) is 3.52. The number of pyridine rings is 1. The van der Waals surface area contributed by atoms with E-state index < -0.39 is 11.9 Å². The van der Waals surface area contributed by atoms with Crippen molar-refractivity contribution >= 4 is 33.1 Å². The second-order valence-electron chi connectivity index (χ2n) is 5.33. The van der Waals surface area contributed by atoms with Crippen molar-refractivity contribution in [2.24, 2.45) is 0 Å². The van der Waals surface area contributed by atoms with Crippen molar-refractivity contribution in [2.45, 2.75) is 0 Å². The van der Waals surface area contributed by atoms with E-state index in [-0.39, 0.29) is 5.56 Å². The first-order chi connectivity index (χ1) is 12.2. The Bertz CT molecular complexity index is 1040. The van der Waals surface area contributed by atoms with Crippen LogP contribution in [0.15, 0.2) is 66.9 Å². The molecule has 4 aromatic rings. The maximum absolute atomic E-state index is 13.7. The lowest BCUT2D eigenvalue weighted by Crippen LogP contribution is -2.15. The monoisotopic (exact) mass is 349 g/mol. The smallest absolute Gasteiger partial charge is 0.260 e.